The summed E-state index contributed by atoms with van der Waals surface area (Å²) in [6.45, 7) is 0.280. The van der Waals surface area contributed by atoms with Crippen molar-refractivity contribution in [1.82, 2.24) is 10.3 Å². The van der Waals surface area contributed by atoms with Gasteiger partial charge < -0.3 is 9.73 Å². The lowest BCUT2D eigenvalue weighted by molar-refractivity contribution is -0.130. The van der Waals surface area contributed by atoms with Crippen LogP contribution in [0, 0.1) is 0 Å². The van der Waals surface area contributed by atoms with Gasteiger partial charge in [0.1, 0.15) is 12.2 Å². The van der Waals surface area contributed by atoms with Gasteiger partial charge >= 0.3 is 6.18 Å². The lowest BCUT2D eigenvalue weighted by Gasteiger charge is -2.04. The number of nitrogens with zero attached hydrogens (tertiary/aromatic N) is 1. The molecule has 0 radical (unpaired) electrons. The number of hydrogen-bond acceptors (Lipinski definition) is 3. The van der Waals surface area contributed by atoms with E-state index in [1.54, 1.807) is 7.05 Å². The first kappa shape index (κ1) is 10.0. The van der Waals surface area contributed by atoms with Crippen molar-refractivity contribution < 1.29 is 17.6 Å². The quantitative estimate of drug-likeness (QED) is 0.792. The molecule has 3 nitrogen and oxygen atoms in total. The molecule has 1 heterocycles. The van der Waals surface area contributed by atoms with Crippen LogP contribution in [0.1, 0.15) is 11.5 Å². The highest BCUT2D eigenvalue weighted by Crippen LogP contribution is 2.22. The van der Waals surface area contributed by atoms with Crippen LogP contribution in [0.5, 0.6) is 0 Å². The molecular formula is C7H9F3N2O. The summed E-state index contributed by atoms with van der Waals surface area (Å²) in [4.78, 5) is 3.66. The summed E-state index contributed by atoms with van der Waals surface area (Å²) < 4.78 is 40.4. The van der Waals surface area contributed by atoms with Crippen LogP contribution < -0.4 is 5.32 Å². The third-order valence-electron chi connectivity index (χ3n) is 1.43. The number of alkyl halides is 3. The zero-order valence-corrected chi connectivity index (χ0v) is 6.98. The molecule has 0 aliphatic rings. The lowest BCUT2D eigenvalue weighted by Crippen LogP contribution is -2.14. The van der Waals surface area contributed by atoms with E-state index in [4.69, 9.17) is 0 Å². The molecule has 0 amide bonds. The highest BCUT2D eigenvalue weighted by atomic mass is 19.4. The van der Waals surface area contributed by atoms with Crippen molar-refractivity contribution in [3.8, 4) is 0 Å². The van der Waals surface area contributed by atoms with Gasteiger partial charge in [-0.1, -0.05) is 0 Å². The fraction of sp³-hybridized carbons (Fsp3) is 0.571. The van der Waals surface area contributed by atoms with Crippen LogP contribution in [-0.4, -0.2) is 18.2 Å². The summed E-state index contributed by atoms with van der Waals surface area (Å²) in [6.07, 6.45) is -4.29. The first-order chi connectivity index (χ1) is 6.03. The molecule has 0 atom stereocenters. The first-order valence-electron chi connectivity index (χ1n) is 3.65. The molecule has 0 bridgehead atoms. The summed E-state index contributed by atoms with van der Waals surface area (Å²) in [5.74, 6) is -0.123. The number of oxazole rings is 1. The summed E-state index contributed by atoms with van der Waals surface area (Å²) in [5.41, 5.74) is 0.305. The van der Waals surface area contributed by atoms with Crippen LogP contribution in [0.15, 0.2) is 10.8 Å². The number of aromatic nitrogens is 1. The molecule has 74 valence electrons. The van der Waals surface area contributed by atoms with Gasteiger partial charge in [-0.15, -0.1) is 0 Å². The lowest BCUT2D eigenvalue weighted by atomic mass is 10.2. The highest BCUT2D eigenvalue weighted by Gasteiger charge is 2.31. The van der Waals surface area contributed by atoms with E-state index >= 15 is 0 Å². The van der Waals surface area contributed by atoms with Crippen LogP contribution in [0.4, 0.5) is 13.2 Å². The van der Waals surface area contributed by atoms with Crippen molar-refractivity contribution in [3.05, 3.63) is 17.8 Å². The number of rotatable bonds is 3. The molecule has 0 unspecified atom stereocenters. The van der Waals surface area contributed by atoms with Gasteiger partial charge in [0.15, 0.2) is 6.39 Å². The van der Waals surface area contributed by atoms with E-state index in [2.05, 4.69) is 14.7 Å². The molecule has 1 rings (SSSR count). The fourth-order valence-electron chi connectivity index (χ4n) is 0.931. The van der Waals surface area contributed by atoms with Crippen molar-refractivity contribution in [2.24, 2.45) is 0 Å². The molecule has 0 saturated carbocycles. The predicted molar refractivity (Wildman–Crippen MR) is 39.0 cm³/mol. The van der Waals surface area contributed by atoms with Crippen LogP contribution >= 0.6 is 0 Å². The second-order valence-corrected chi connectivity index (χ2v) is 2.54. The van der Waals surface area contributed by atoms with Crippen molar-refractivity contribution in [2.45, 2.75) is 19.1 Å². The smallest absolute Gasteiger partial charge is 0.396 e. The van der Waals surface area contributed by atoms with E-state index in [1.165, 1.54) is 0 Å². The highest BCUT2D eigenvalue weighted by molar-refractivity contribution is 5.08. The first-order valence-corrected chi connectivity index (χ1v) is 3.65. The molecule has 0 aromatic carbocycles. The predicted octanol–water partition coefficient (Wildman–Crippen LogP) is 1.50. The van der Waals surface area contributed by atoms with Crippen LogP contribution in [0.25, 0.3) is 0 Å². The fourth-order valence-corrected chi connectivity index (χ4v) is 0.931. The SMILES string of the molecule is CNCc1ncoc1CC(F)(F)F. The topological polar surface area (TPSA) is 38.1 Å². The Bertz CT molecular complexity index is 269. The van der Waals surface area contributed by atoms with Gasteiger partial charge in [-0.3, -0.25) is 0 Å². The average Bonchev–Trinajstić information content (AvgIpc) is 2.34. The van der Waals surface area contributed by atoms with Crippen molar-refractivity contribution in [3.63, 3.8) is 0 Å². The van der Waals surface area contributed by atoms with Gasteiger partial charge in [-0.25, -0.2) is 4.98 Å². The third-order valence-corrected chi connectivity index (χ3v) is 1.43. The Morgan fingerprint density at radius 1 is 1.54 bits per heavy atom. The minimum atomic E-state index is -4.25. The number of hydrogen-bond donors (Lipinski definition) is 1. The average molecular weight is 194 g/mol. The Kier molecular flexibility index (Phi) is 2.92. The maximum absolute atomic E-state index is 11.9. The Morgan fingerprint density at radius 2 is 2.23 bits per heavy atom. The van der Waals surface area contributed by atoms with E-state index < -0.39 is 12.6 Å². The van der Waals surface area contributed by atoms with Gasteiger partial charge in [0, 0.05) is 6.54 Å². The van der Waals surface area contributed by atoms with E-state index in [0.29, 0.717) is 5.69 Å². The molecule has 0 aliphatic heterocycles. The van der Waals surface area contributed by atoms with E-state index in [0.717, 1.165) is 6.39 Å². The standard InChI is InChI=1S/C7H9F3N2O/c1-11-3-5-6(13-4-12-5)2-7(8,9)10/h4,11H,2-3H2,1H3. The Labute approximate surface area is 73.0 Å². The number of nitrogens with one attached hydrogen (secondary N) is 1. The van der Waals surface area contributed by atoms with Gasteiger partial charge in [0.05, 0.1) is 5.69 Å². The number of halogens is 3. The van der Waals surface area contributed by atoms with Crippen LogP contribution in [-0.2, 0) is 13.0 Å². The summed E-state index contributed by atoms with van der Waals surface area (Å²) in [6, 6.07) is 0. The second kappa shape index (κ2) is 3.78. The van der Waals surface area contributed by atoms with Gasteiger partial charge in [-0.05, 0) is 7.05 Å². The Hall–Kier alpha value is -1.04. The van der Waals surface area contributed by atoms with E-state index in [1.807, 2.05) is 0 Å². The molecule has 6 heteroatoms. The van der Waals surface area contributed by atoms with Crippen molar-refractivity contribution >= 4 is 0 Å². The zero-order chi connectivity index (χ0) is 9.90. The summed E-state index contributed by atoms with van der Waals surface area (Å²) in [7, 11) is 1.63. The second-order valence-electron chi connectivity index (χ2n) is 2.54. The maximum Gasteiger partial charge on any atom is 0.396 e. The van der Waals surface area contributed by atoms with Gasteiger partial charge in [0.25, 0.3) is 0 Å². The molecule has 0 saturated heterocycles. The third kappa shape index (κ3) is 3.06. The molecule has 1 aromatic rings. The normalized spacial score (nSPS) is 12.0. The zero-order valence-electron chi connectivity index (χ0n) is 6.98. The van der Waals surface area contributed by atoms with Crippen LogP contribution in [0.3, 0.4) is 0 Å². The molecular weight excluding hydrogens is 185 g/mol. The van der Waals surface area contributed by atoms with Gasteiger partial charge in [-0.2, -0.15) is 13.2 Å². The van der Waals surface area contributed by atoms with Crippen molar-refractivity contribution in [2.75, 3.05) is 7.05 Å². The minimum absolute atomic E-state index is 0.123. The Morgan fingerprint density at radius 3 is 2.77 bits per heavy atom. The summed E-state index contributed by atoms with van der Waals surface area (Å²) in [5, 5.41) is 2.71. The molecule has 1 N–H and O–H groups in total. The molecule has 0 fully saturated rings. The molecule has 13 heavy (non-hydrogen) atoms. The molecule has 0 spiro atoms. The minimum Gasteiger partial charge on any atom is -0.448 e. The van der Waals surface area contributed by atoms with Gasteiger partial charge in [0.2, 0.25) is 0 Å². The Balaban J connectivity index is 2.70. The van der Waals surface area contributed by atoms with Crippen molar-refractivity contribution in [1.29, 1.82) is 0 Å². The monoisotopic (exact) mass is 194 g/mol. The maximum atomic E-state index is 11.9. The summed E-state index contributed by atoms with van der Waals surface area (Å²) >= 11 is 0. The van der Waals surface area contributed by atoms with Crippen LogP contribution in [0.2, 0.25) is 0 Å². The largest absolute Gasteiger partial charge is 0.448 e. The van der Waals surface area contributed by atoms with E-state index in [-0.39, 0.29) is 12.3 Å². The molecule has 1 aromatic heterocycles. The van der Waals surface area contributed by atoms with E-state index in [9.17, 15) is 13.2 Å². The molecule has 0 aliphatic carbocycles.